The van der Waals surface area contributed by atoms with E-state index in [1.165, 1.54) is 57.1 Å². The second-order valence-electron chi connectivity index (χ2n) is 12.2. The van der Waals surface area contributed by atoms with Gasteiger partial charge in [-0.1, -0.05) is 33.8 Å². The van der Waals surface area contributed by atoms with E-state index < -0.39 is 0 Å². The Bertz CT molecular complexity index is 760. The normalized spacial score (nSPS) is 42.4. The number of anilines is 1. The highest BCUT2D eigenvalue weighted by molar-refractivity contribution is 5.54. The molecular weight excluding hydrogens is 352 g/mol. The molecule has 0 aromatic heterocycles. The van der Waals surface area contributed by atoms with Crippen molar-refractivity contribution >= 4 is 5.69 Å². The molecule has 160 valence electrons. The van der Waals surface area contributed by atoms with Gasteiger partial charge in [-0.05, 0) is 115 Å². The molecule has 4 aliphatic carbocycles. The second-order valence-corrected chi connectivity index (χ2v) is 12.2. The third-order valence-electron chi connectivity index (χ3n) is 9.66. The third-order valence-corrected chi connectivity index (χ3v) is 9.66. The fraction of sp³-hybridized carbons (Fsp3) is 0.778. The van der Waals surface area contributed by atoms with E-state index >= 15 is 0 Å². The van der Waals surface area contributed by atoms with E-state index in [0.717, 1.165) is 36.1 Å². The molecule has 1 aromatic carbocycles. The van der Waals surface area contributed by atoms with Crippen molar-refractivity contribution in [2.45, 2.75) is 95.9 Å². The molecule has 0 radical (unpaired) electrons. The van der Waals surface area contributed by atoms with Gasteiger partial charge in [-0.3, -0.25) is 0 Å². The van der Waals surface area contributed by atoms with Gasteiger partial charge in [0.15, 0.2) is 0 Å². The summed E-state index contributed by atoms with van der Waals surface area (Å²) in [5, 5.41) is 3.79. The number of nitrogens with two attached hydrogens (primary N) is 1. The van der Waals surface area contributed by atoms with Crippen LogP contribution < -0.4 is 11.1 Å². The van der Waals surface area contributed by atoms with Crippen molar-refractivity contribution in [2.75, 3.05) is 11.9 Å². The zero-order valence-electron chi connectivity index (χ0n) is 19.1. The first-order valence-electron chi connectivity index (χ1n) is 12.4. The Morgan fingerprint density at radius 3 is 2.45 bits per heavy atom. The van der Waals surface area contributed by atoms with Crippen LogP contribution in [0.5, 0.6) is 0 Å². The minimum absolute atomic E-state index is 0.289. The Hall–Kier alpha value is -1.02. The first kappa shape index (κ1) is 19.9. The zero-order chi connectivity index (χ0) is 20.4. The van der Waals surface area contributed by atoms with Crippen molar-refractivity contribution in [3.05, 3.63) is 29.3 Å². The summed E-state index contributed by atoms with van der Waals surface area (Å²) in [5.74, 6) is 4.90. The minimum Gasteiger partial charge on any atom is -0.385 e. The molecule has 5 rings (SSSR count). The van der Waals surface area contributed by atoms with Crippen LogP contribution in [0.25, 0.3) is 0 Å². The van der Waals surface area contributed by atoms with Gasteiger partial charge >= 0.3 is 0 Å². The number of hydrogen-bond acceptors (Lipinski definition) is 2. The summed E-state index contributed by atoms with van der Waals surface area (Å²) in [7, 11) is 0. The van der Waals surface area contributed by atoms with Crippen LogP contribution in [-0.4, -0.2) is 12.6 Å². The number of fused-ring (bicyclic) bond motifs is 2. The maximum Gasteiger partial charge on any atom is 0.0343 e. The summed E-state index contributed by atoms with van der Waals surface area (Å²) in [6, 6.07) is 7.81. The number of benzene rings is 1. The standard InChI is InChI=1S/C27H42N2/c1-17-21-14-22(21)23(17)15-27(4)12-11-26(2,3)25-13-20(9-10-24(25)27)29-16-18-5-7-19(28)8-6-18/h9-10,13,17-19,21-23,29H,5-8,11-12,14-16,28H2,1-4H3/t17?,18-,19-,21?,22?,23?,27?. The maximum atomic E-state index is 6.08. The summed E-state index contributed by atoms with van der Waals surface area (Å²) in [6.07, 6.45) is 10.6. The molecule has 0 amide bonds. The Balaban J connectivity index is 1.33. The topological polar surface area (TPSA) is 38.0 Å². The van der Waals surface area contributed by atoms with Gasteiger partial charge in [0.1, 0.15) is 0 Å². The number of rotatable bonds is 5. The Morgan fingerprint density at radius 1 is 1.00 bits per heavy atom. The number of nitrogens with one attached hydrogen (secondary N) is 1. The first-order valence-corrected chi connectivity index (χ1v) is 12.4. The summed E-state index contributed by atoms with van der Waals surface area (Å²) >= 11 is 0. The van der Waals surface area contributed by atoms with Crippen molar-refractivity contribution in [1.29, 1.82) is 0 Å². The van der Waals surface area contributed by atoms with Crippen molar-refractivity contribution < 1.29 is 0 Å². The monoisotopic (exact) mass is 394 g/mol. The molecule has 4 aliphatic rings. The predicted octanol–water partition coefficient (Wildman–Crippen LogP) is 6.24. The van der Waals surface area contributed by atoms with Crippen LogP contribution in [0.2, 0.25) is 0 Å². The lowest BCUT2D eigenvalue weighted by Gasteiger charge is -2.48. The maximum absolute atomic E-state index is 6.08. The molecule has 29 heavy (non-hydrogen) atoms. The smallest absolute Gasteiger partial charge is 0.0343 e. The summed E-state index contributed by atoms with van der Waals surface area (Å²) in [4.78, 5) is 0. The third kappa shape index (κ3) is 3.54. The molecule has 5 unspecified atom stereocenters. The van der Waals surface area contributed by atoms with Gasteiger partial charge in [0.25, 0.3) is 0 Å². The van der Waals surface area contributed by atoms with Crippen LogP contribution in [0.15, 0.2) is 18.2 Å². The highest BCUT2D eigenvalue weighted by Gasteiger charge is 2.60. The van der Waals surface area contributed by atoms with Gasteiger partial charge in [-0.25, -0.2) is 0 Å². The number of hydrogen-bond donors (Lipinski definition) is 2. The molecule has 2 nitrogen and oxygen atoms in total. The van der Waals surface area contributed by atoms with Gasteiger partial charge in [0.2, 0.25) is 0 Å². The average Bonchev–Trinajstić information content (AvgIpc) is 3.45. The summed E-state index contributed by atoms with van der Waals surface area (Å²) < 4.78 is 0. The second kappa shape index (κ2) is 7.01. The average molecular weight is 395 g/mol. The molecule has 0 bridgehead atoms. The lowest BCUT2D eigenvalue weighted by atomic mass is 9.57. The molecule has 0 heterocycles. The van der Waals surface area contributed by atoms with Gasteiger partial charge in [0.05, 0.1) is 0 Å². The molecule has 5 atom stereocenters. The molecule has 3 N–H and O–H groups in total. The van der Waals surface area contributed by atoms with Crippen LogP contribution in [0.4, 0.5) is 5.69 Å². The molecule has 2 heteroatoms. The Labute approximate surface area is 178 Å². The largest absolute Gasteiger partial charge is 0.385 e. The molecular formula is C27H42N2. The molecule has 0 spiro atoms. The molecule has 3 fully saturated rings. The molecule has 3 saturated carbocycles. The highest BCUT2D eigenvalue weighted by atomic mass is 14.9. The summed E-state index contributed by atoms with van der Waals surface area (Å²) in [5.41, 5.74) is 11.3. The van der Waals surface area contributed by atoms with Crippen molar-refractivity contribution in [3.8, 4) is 0 Å². The van der Waals surface area contributed by atoms with E-state index in [1.807, 2.05) is 0 Å². The fourth-order valence-corrected chi connectivity index (χ4v) is 7.22. The van der Waals surface area contributed by atoms with Crippen LogP contribution >= 0.6 is 0 Å². The minimum atomic E-state index is 0.289. The van der Waals surface area contributed by atoms with Crippen molar-refractivity contribution in [2.24, 2.45) is 35.3 Å². The van der Waals surface area contributed by atoms with Crippen LogP contribution in [0, 0.1) is 29.6 Å². The van der Waals surface area contributed by atoms with E-state index in [4.69, 9.17) is 5.73 Å². The lowest BCUT2D eigenvalue weighted by molar-refractivity contribution is 0.117. The van der Waals surface area contributed by atoms with Gasteiger partial charge in [0, 0.05) is 18.3 Å². The van der Waals surface area contributed by atoms with E-state index in [-0.39, 0.29) is 5.41 Å². The van der Waals surface area contributed by atoms with Crippen LogP contribution in [-0.2, 0) is 10.8 Å². The predicted molar refractivity (Wildman–Crippen MR) is 123 cm³/mol. The van der Waals surface area contributed by atoms with Crippen LogP contribution in [0.3, 0.4) is 0 Å². The molecule has 0 saturated heterocycles. The Kier molecular flexibility index (Phi) is 4.81. The fourth-order valence-electron chi connectivity index (χ4n) is 7.22. The molecule has 0 aliphatic heterocycles. The van der Waals surface area contributed by atoms with E-state index in [9.17, 15) is 0 Å². The lowest BCUT2D eigenvalue weighted by Crippen LogP contribution is -2.40. The van der Waals surface area contributed by atoms with Gasteiger partial charge in [-0.2, -0.15) is 0 Å². The Morgan fingerprint density at radius 2 is 1.76 bits per heavy atom. The van der Waals surface area contributed by atoms with E-state index in [1.54, 1.807) is 11.1 Å². The SMILES string of the molecule is CC1C2CC2C1CC1(C)CCC(C)(C)c2cc(NC[C@H]3CC[C@H](N)CC3)ccc21. The van der Waals surface area contributed by atoms with Crippen molar-refractivity contribution in [3.63, 3.8) is 0 Å². The van der Waals surface area contributed by atoms with Crippen molar-refractivity contribution in [1.82, 2.24) is 0 Å². The molecule has 1 aromatic rings. The van der Waals surface area contributed by atoms with E-state index in [2.05, 4.69) is 51.2 Å². The summed E-state index contributed by atoms with van der Waals surface area (Å²) in [6.45, 7) is 11.1. The van der Waals surface area contributed by atoms with E-state index in [0.29, 0.717) is 11.5 Å². The van der Waals surface area contributed by atoms with Gasteiger partial charge in [-0.15, -0.1) is 0 Å². The first-order chi connectivity index (χ1) is 13.8. The van der Waals surface area contributed by atoms with Crippen LogP contribution in [0.1, 0.15) is 90.2 Å². The van der Waals surface area contributed by atoms with Gasteiger partial charge < -0.3 is 11.1 Å². The quantitative estimate of drug-likeness (QED) is 0.620. The highest BCUT2D eigenvalue weighted by Crippen LogP contribution is 2.67. The zero-order valence-corrected chi connectivity index (χ0v) is 19.1.